The van der Waals surface area contributed by atoms with Crippen LogP contribution in [0.4, 0.5) is 4.79 Å². The standard InChI is InChI=1S/C17H26N6O2/c1-11-14(12(2)21-20-11)9-19-17(25)23-7-4-5-13(10-23)15(24)16-18-6-8-22(16)3/h6,8,13,15,24H,4-5,7,9-10H2,1-3H3,(H,19,25)(H,20,21). The van der Waals surface area contributed by atoms with Gasteiger partial charge in [0.05, 0.1) is 5.69 Å². The lowest BCUT2D eigenvalue weighted by atomic mass is 9.92. The number of hydrogen-bond acceptors (Lipinski definition) is 4. The third-order valence-electron chi connectivity index (χ3n) is 5.01. The first kappa shape index (κ1) is 17.5. The first-order valence-corrected chi connectivity index (χ1v) is 8.66. The fourth-order valence-corrected chi connectivity index (χ4v) is 3.44. The number of carbonyl (C=O) groups excluding carboxylic acids is 1. The van der Waals surface area contributed by atoms with E-state index in [0.29, 0.717) is 25.5 Å². The van der Waals surface area contributed by atoms with Crippen LogP contribution in [0.3, 0.4) is 0 Å². The van der Waals surface area contributed by atoms with Gasteiger partial charge in [0.2, 0.25) is 0 Å². The zero-order valence-corrected chi connectivity index (χ0v) is 15.0. The van der Waals surface area contributed by atoms with Crippen molar-refractivity contribution in [3.63, 3.8) is 0 Å². The van der Waals surface area contributed by atoms with E-state index in [9.17, 15) is 9.90 Å². The third kappa shape index (κ3) is 3.68. The Bertz CT molecular complexity index is 718. The Labute approximate surface area is 147 Å². The normalized spacial score (nSPS) is 19.0. The van der Waals surface area contributed by atoms with Crippen molar-refractivity contribution in [2.75, 3.05) is 13.1 Å². The molecular weight excluding hydrogens is 320 g/mol. The molecule has 136 valence electrons. The van der Waals surface area contributed by atoms with Crippen LogP contribution >= 0.6 is 0 Å². The number of aromatic nitrogens is 4. The van der Waals surface area contributed by atoms with Gasteiger partial charge >= 0.3 is 6.03 Å². The molecule has 25 heavy (non-hydrogen) atoms. The van der Waals surface area contributed by atoms with Gasteiger partial charge in [-0.3, -0.25) is 5.10 Å². The number of urea groups is 1. The summed E-state index contributed by atoms with van der Waals surface area (Å²) >= 11 is 0. The summed E-state index contributed by atoms with van der Waals surface area (Å²) in [4.78, 5) is 18.5. The molecule has 2 atom stereocenters. The molecular formula is C17H26N6O2. The quantitative estimate of drug-likeness (QED) is 0.779. The summed E-state index contributed by atoms with van der Waals surface area (Å²) in [6, 6.07) is -0.100. The topological polar surface area (TPSA) is 99.1 Å². The van der Waals surface area contributed by atoms with Gasteiger partial charge in [0, 0.05) is 56.3 Å². The number of amides is 2. The maximum atomic E-state index is 12.5. The van der Waals surface area contributed by atoms with Crippen molar-refractivity contribution in [3.8, 4) is 0 Å². The van der Waals surface area contributed by atoms with E-state index < -0.39 is 6.10 Å². The van der Waals surface area contributed by atoms with Gasteiger partial charge in [-0.1, -0.05) is 0 Å². The molecule has 1 aliphatic rings. The van der Waals surface area contributed by atoms with Gasteiger partial charge < -0.3 is 19.9 Å². The molecule has 3 heterocycles. The number of H-pyrrole nitrogens is 1. The molecule has 0 radical (unpaired) electrons. The summed E-state index contributed by atoms with van der Waals surface area (Å²) in [5.74, 6) is 0.648. The van der Waals surface area contributed by atoms with Crippen LogP contribution in [0.5, 0.6) is 0 Å². The lowest BCUT2D eigenvalue weighted by Crippen LogP contribution is -2.46. The number of carbonyl (C=O) groups is 1. The second-order valence-electron chi connectivity index (χ2n) is 6.76. The second-order valence-corrected chi connectivity index (χ2v) is 6.76. The maximum Gasteiger partial charge on any atom is 0.317 e. The highest BCUT2D eigenvalue weighted by Crippen LogP contribution is 2.28. The van der Waals surface area contributed by atoms with Crippen LogP contribution in [0.1, 0.15) is 41.7 Å². The Morgan fingerprint density at radius 1 is 1.52 bits per heavy atom. The molecule has 1 saturated heterocycles. The maximum absolute atomic E-state index is 12.5. The van der Waals surface area contributed by atoms with E-state index in [1.807, 2.05) is 31.7 Å². The minimum Gasteiger partial charge on any atom is -0.385 e. The van der Waals surface area contributed by atoms with Crippen LogP contribution in [-0.4, -0.2) is 48.9 Å². The lowest BCUT2D eigenvalue weighted by molar-refractivity contribution is 0.0532. The van der Waals surface area contributed by atoms with Crippen molar-refractivity contribution in [3.05, 3.63) is 35.2 Å². The summed E-state index contributed by atoms with van der Waals surface area (Å²) < 4.78 is 1.83. The Hall–Kier alpha value is -2.35. The molecule has 2 aromatic heterocycles. The van der Waals surface area contributed by atoms with Gasteiger partial charge in [-0.15, -0.1) is 0 Å². The first-order chi connectivity index (χ1) is 12.0. The first-order valence-electron chi connectivity index (χ1n) is 8.66. The predicted molar refractivity (Wildman–Crippen MR) is 92.8 cm³/mol. The van der Waals surface area contributed by atoms with Crippen molar-refractivity contribution in [1.82, 2.24) is 30.0 Å². The van der Waals surface area contributed by atoms with Crippen LogP contribution in [0.25, 0.3) is 0 Å². The summed E-state index contributed by atoms with van der Waals surface area (Å²) in [6.45, 7) is 5.56. The van der Waals surface area contributed by atoms with E-state index in [2.05, 4.69) is 20.5 Å². The van der Waals surface area contributed by atoms with Crippen molar-refractivity contribution in [2.24, 2.45) is 13.0 Å². The van der Waals surface area contributed by atoms with Gasteiger partial charge in [-0.2, -0.15) is 5.10 Å². The lowest BCUT2D eigenvalue weighted by Gasteiger charge is -2.34. The predicted octanol–water partition coefficient (Wildman–Crippen LogP) is 1.42. The average molecular weight is 346 g/mol. The minimum absolute atomic E-state index is 0.00185. The fourth-order valence-electron chi connectivity index (χ4n) is 3.44. The van der Waals surface area contributed by atoms with Crippen LogP contribution in [0, 0.1) is 19.8 Å². The van der Waals surface area contributed by atoms with Crippen LogP contribution < -0.4 is 5.32 Å². The third-order valence-corrected chi connectivity index (χ3v) is 5.01. The van der Waals surface area contributed by atoms with Crippen molar-refractivity contribution >= 4 is 6.03 Å². The number of nitrogens with zero attached hydrogens (tertiary/aromatic N) is 4. The summed E-state index contributed by atoms with van der Waals surface area (Å²) in [7, 11) is 1.87. The minimum atomic E-state index is -0.658. The largest absolute Gasteiger partial charge is 0.385 e. The molecule has 3 rings (SSSR count). The molecule has 0 saturated carbocycles. The number of nitrogens with one attached hydrogen (secondary N) is 2. The summed E-state index contributed by atoms with van der Waals surface area (Å²) in [5, 5.41) is 20.7. The monoisotopic (exact) mass is 346 g/mol. The number of rotatable bonds is 4. The molecule has 3 N–H and O–H groups in total. The average Bonchev–Trinajstić information content (AvgIpc) is 3.18. The van der Waals surface area contributed by atoms with E-state index in [0.717, 1.165) is 29.8 Å². The highest BCUT2D eigenvalue weighted by atomic mass is 16.3. The molecule has 0 bridgehead atoms. The van der Waals surface area contributed by atoms with E-state index in [4.69, 9.17) is 0 Å². The van der Waals surface area contributed by atoms with Crippen molar-refractivity contribution in [1.29, 1.82) is 0 Å². The molecule has 0 aliphatic carbocycles. The number of hydrogen-bond donors (Lipinski definition) is 3. The van der Waals surface area contributed by atoms with Gasteiger partial charge in [0.25, 0.3) is 0 Å². The Morgan fingerprint density at radius 2 is 2.32 bits per heavy atom. The number of piperidine rings is 1. The smallest absolute Gasteiger partial charge is 0.317 e. The van der Waals surface area contributed by atoms with Crippen LogP contribution in [0.15, 0.2) is 12.4 Å². The van der Waals surface area contributed by atoms with Crippen molar-refractivity contribution < 1.29 is 9.90 Å². The molecule has 1 fully saturated rings. The number of aromatic amines is 1. The van der Waals surface area contributed by atoms with Crippen LogP contribution in [-0.2, 0) is 13.6 Å². The Morgan fingerprint density at radius 3 is 2.96 bits per heavy atom. The Balaban J connectivity index is 1.59. The van der Waals surface area contributed by atoms with E-state index in [1.165, 1.54) is 0 Å². The number of imidazole rings is 1. The van der Waals surface area contributed by atoms with Gasteiger partial charge in [-0.05, 0) is 26.7 Å². The van der Waals surface area contributed by atoms with E-state index in [1.54, 1.807) is 11.1 Å². The van der Waals surface area contributed by atoms with Crippen molar-refractivity contribution in [2.45, 2.75) is 39.3 Å². The molecule has 1 aliphatic heterocycles. The Kier molecular flexibility index (Phi) is 5.08. The summed E-state index contributed by atoms with van der Waals surface area (Å²) in [5.41, 5.74) is 2.90. The van der Waals surface area contributed by atoms with Gasteiger partial charge in [0.1, 0.15) is 11.9 Å². The molecule has 0 aromatic carbocycles. The molecule has 8 heteroatoms. The fraction of sp³-hybridized carbons (Fsp3) is 0.588. The number of aliphatic hydroxyl groups is 1. The highest BCUT2D eigenvalue weighted by molar-refractivity contribution is 5.74. The summed E-state index contributed by atoms with van der Waals surface area (Å²) in [6.07, 6.45) is 4.61. The zero-order valence-electron chi connectivity index (χ0n) is 15.0. The zero-order chi connectivity index (χ0) is 18.0. The number of aliphatic hydroxyl groups excluding tert-OH is 1. The second kappa shape index (κ2) is 7.26. The van der Waals surface area contributed by atoms with E-state index in [-0.39, 0.29) is 11.9 Å². The number of likely N-dealkylation sites (tertiary alicyclic amines) is 1. The molecule has 0 spiro atoms. The molecule has 2 amide bonds. The number of aryl methyl sites for hydroxylation is 3. The van der Waals surface area contributed by atoms with E-state index >= 15 is 0 Å². The molecule has 8 nitrogen and oxygen atoms in total. The van der Waals surface area contributed by atoms with Gasteiger partial charge in [-0.25, -0.2) is 9.78 Å². The SMILES string of the molecule is Cc1n[nH]c(C)c1CNC(=O)N1CCCC(C(O)c2nccn2C)C1. The van der Waals surface area contributed by atoms with Crippen LogP contribution in [0.2, 0.25) is 0 Å². The molecule has 2 unspecified atom stereocenters. The molecule has 2 aromatic rings. The van der Waals surface area contributed by atoms with Gasteiger partial charge in [0.15, 0.2) is 0 Å². The highest BCUT2D eigenvalue weighted by Gasteiger charge is 2.31.